The molecule has 1 saturated heterocycles. The molecule has 0 atom stereocenters. The first-order valence-corrected chi connectivity index (χ1v) is 12.1. The monoisotopic (exact) mass is 502 g/mol. The Kier molecular flexibility index (Phi) is 7.12. The molecular formula is C26H33F3N6O. The van der Waals surface area contributed by atoms with E-state index in [9.17, 15) is 13.9 Å². The zero-order valence-electron chi connectivity index (χ0n) is 21.3. The summed E-state index contributed by atoms with van der Waals surface area (Å²) in [6, 6.07) is 6.32. The van der Waals surface area contributed by atoms with Crippen molar-refractivity contribution in [1.29, 1.82) is 0 Å². The van der Waals surface area contributed by atoms with E-state index in [1.807, 2.05) is 19.2 Å². The van der Waals surface area contributed by atoms with Gasteiger partial charge >= 0.3 is 5.92 Å². The summed E-state index contributed by atoms with van der Waals surface area (Å²) in [6.45, 7) is 5.45. The number of hydrogen-bond donors (Lipinski definition) is 2. The van der Waals surface area contributed by atoms with Crippen molar-refractivity contribution in [2.24, 2.45) is 0 Å². The summed E-state index contributed by atoms with van der Waals surface area (Å²) in [5, 5.41) is 22.1. The second-order valence-corrected chi connectivity index (χ2v) is 10.2. The first-order chi connectivity index (χ1) is 16.9. The van der Waals surface area contributed by atoms with Gasteiger partial charge in [0.1, 0.15) is 11.4 Å². The SMILES string of the molecule is Cc1nnc(NCc2cccc(C(F)(F)C(C)(C)O)c2F)c2cc(N3CCC(N(C)C)CC3)cnc12. The topological polar surface area (TPSA) is 77.4 Å². The molecule has 1 aliphatic rings. The molecule has 194 valence electrons. The number of piperidine rings is 1. The van der Waals surface area contributed by atoms with Crippen molar-refractivity contribution in [3.63, 3.8) is 0 Å². The van der Waals surface area contributed by atoms with Gasteiger partial charge in [-0.1, -0.05) is 12.1 Å². The number of hydrogen-bond acceptors (Lipinski definition) is 7. The minimum atomic E-state index is -3.76. The quantitative estimate of drug-likeness (QED) is 0.493. The minimum absolute atomic E-state index is 0.0295. The summed E-state index contributed by atoms with van der Waals surface area (Å²) in [5.74, 6) is -4.43. The minimum Gasteiger partial charge on any atom is -0.384 e. The highest BCUT2D eigenvalue weighted by Crippen LogP contribution is 2.40. The predicted octanol–water partition coefficient (Wildman–Crippen LogP) is 4.48. The molecule has 3 heterocycles. The Balaban J connectivity index is 1.60. The van der Waals surface area contributed by atoms with E-state index in [-0.39, 0.29) is 12.1 Å². The van der Waals surface area contributed by atoms with Crippen LogP contribution in [-0.2, 0) is 12.5 Å². The highest BCUT2D eigenvalue weighted by Gasteiger charge is 2.49. The number of rotatable bonds is 7. The third kappa shape index (κ3) is 4.97. The van der Waals surface area contributed by atoms with Crippen LogP contribution in [0.25, 0.3) is 10.9 Å². The molecule has 0 unspecified atom stereocenters. The molecule has 0 aliphatic carbocycles. The van der Waals surface area contributed by atoms with Crippen LogP contribution in [0.4, 0.5) is 24.7 Å². The summed E-state index contributed by atoms with van der Waals surface area (Å²) in [4.78, 5) is 9.16. The first kappa shape index (κ1) is 26.1. The average Bonchev–Trinajstić information content (AvgIpc) is 2.83. The van der Waals surface area contributed by atoms with Gasteiger partial charge in [-0.2, -0.15) is 13.9 Å². The Morgan fingerprint density at radius 1 is 1.17 bits per heavy atom. The third-order valence-corrected chi connectivity index (χ3v) is 6.96. The molecular weight excluding hydrogens is 469 g/mol. The maximum atomic E-state index is 15.1. The highest BCUT2D eigenvalue weighted by molar-refractivity contribution is 5.92. The number of aryl methyl sites for hydroxylation is 1. The second-order valence-electron chi connectivity index (χ2n) is 10.2. The number of fused-ring (bicyclic) bond motifs is 1. The molecule has 0 saturated carbocycles. The van der Waals surface area contributed by atoms with E-state index in [1.165, 1.54) is 12.1 Å². The standard InChI is InChI=1S/C26H33F3N6O/c1-16-23-20(13-19(15-30-23)35-11-9-18(10-12-35)34(4)5)24(33-32-16)31-14-17-7-6-8-21(22(17)27)26(28,29)25(2,3)36/h6-8,13,15,18,36H,9-12,14H2,1-5H3,(H,31,33). The van der Waals surface area contributed by atoms with Gasteiger partial charge in [0.05, 0.1) is 28.7 Å². The number of nitrogens with one attached hydrogen (secondary N) is 1. The lowest BCUT2D eigenvalue weighted by Gasteiger charge is -2.36. The van der Waals surface area contributed by atoms with Crippen LogP contribution in [0.2, 0.25) is 0 Å². The number of anilines is 2. The molecule has 3 aromatic rings. The molecule has 1 aromatic carbocycles. The van der Waals surface area contributed by atoms with Gasteiger partial charge in [-0.25, -0.2) is 4.39 Å². The molecule has 7 nitrogen and oxygen atoms in total. The number of halogens is 3. The number of alkyl halides is 2. The van der Waals surface area contributed by atoms with Gasteiger partial charge in [0.2, 0.25) is 0 Å². The van der Waals surface area contributed by atoms with Crippen molar-refractivity contribution in [2.45, 2.75) is 57.7 Å². The smallest absolute Gasteiger partial charge is 0.303 e. The van der Waals surface area contributed by atoms with E-state index in [4.69, 9.17) is 0 Å². The lowest BCUT2D eigenvalue weighted by atomic mass is 9.92. The molecule has 0 radical (unpaired) electrons. The Morgan fingerprint density at radius 3 is 2.50 bits per heavy atom. The van der Waals surface area contributed by atoms with Crippen molar-refractivity contribution in [1.82, 2.24) is 20.1 Å². The van der Waals surface area contributed by atoms with Crippen LogP contribution in [0.15, 0.2) is 30.5 Å². The van der Waals surface area contributed by atoms with Crippen LogP contribution >= 0.6 is 0 Å². The molecule has 1 aliphatic heterocycles. The third-order valence-electron chi connectivity index (χ3n) is 6.96. The zero-order valence-corrected chi connectivity index (χ0v) is 21.3. The molecule has 36 heavy (non-hydrogen) atoms. The Hall–Kier alpha value is -2.98. The number of nitrogens with zero attached hydrogens (tertiary/aromatic N) is 5. The maximum absolute atomic E-state index is 15.1. The lowest BCUT2D eigenvalue weighted by Crippen LogP contribution is -2.42. The fourth-order valence-electron chi connectivity index (χ4n) is 4.56. The summed E-state index contributed by atoms with van der Waals surface area (Å²) in [7, 11) is 4.20. The molecule has 2 N–H and O–H groups in total. The Morgan fingerprint density at radius 2 is 1.86 bits per heavy atom. The van der Waals surface area contributed by atoms with E-state index < -0.39 is 22.9 Å². The Bertz CT molecular complexity index is 1240. The maximum Gasteiger partial charge on any atom is 0.303 e. The molecule has 0 spiro atoms. The van der Waals surface area contributed by atoms with Crippen LogP contribution in [0, 0.1) is 12.7 Å². The van der Waals surface area contributed by atoms with Gasteiger partial charge in [0, 0.05) is 36.6 Å². The Labute approximate surface area is 209 Å². The van der Waals surface area contributed by atoms with Gasteiger partial charge in [0.15, 0.2) is 5.82 Å². The van der Waals surface area contributed by atoms with Crippen LogP contribution in [-0.4, -0.2) is 64.0 Å². The largest absolute Gasteiger partial charge is 0.384 e. The summed E-state index contributed by atoms with van der Waals surface area (Å²) >= 11 is 0. The lowest BCUT2D eigenvalue weighted by molar-refractivity contribution is -0.170. The van der Waals surface area contributed by atoms with E-state index >= 15 is 4.39 Å². The normalized spacial score (nSPS) is 15.7. The molecule has 10 heteroatoms. The van der Waals surface area contributed by atoms with E-state index in [2.05, 4.69) is 44.4 Å². The van der Waals surface area contributed by atoms with E-state index in [0.29, 0.717) is 23.1 Å². The van der Waals surface area contributed by atoms with Gasteiger partial charge in [0.25, 0.3) is 0 Å². The molecule has 0 bridgehead atoms. The molecule has 4 rings (SSSR count). The van der Waals surface area contributed by atoms with Crippen LogP contribution in [0.1, 0.15) is 43.5 Å². The molecule has 2 aromatic heterocycles. The second kappa shape index (κ2) is 9.82. The van der Waals surface area contributed by atoms with Gasteiger partial charge in [-0.3, -0.25) is 4.98 Å². The molecule has 0 amide bonds. The summed E-state index contributed by atoms with van der Waals surface area (Å²) in [6.07, 6.45) is 3.93. The average molecular weight is 503 g/mol. The van der Waals surface area contributed by atoms with Crippen molar-refractivity contribution < 1.29 is 18.3 Å². The number of aromatic nitrogens is 3. The van der Waals surface area contributed by atoms with Gasteiger partial charge in [-0.05, 0) is 59.8 Å². The van der Waals surface area contributed by atoms with Crippen molar-refractivity contribution in [3.05, 3.63) is 53.1 Å². The fraction of sp³-hybridized carbons (Fsp3) is 0.500. The van der Waals surface area contributed by atoms with Gasteiger partial charge < -0.3 is 20.2 Å². The molecule has 1 fully saturated rings. The van der Waals surface area contributed by atoms with Crippen LogP contribution in [0.3, 0.4) is 0 Å². The first-order valence-electron chi connectivity index (χ1n) is 12.1. The van der Waals surface area contributed by atoms with Crippen molar-refractivity contribution >= 4 is 22.4 Å². The predicted molar refractivity (Wildman–Crippen MR) is 135 cm³/mol. The van der Waals surface area contributed by atoms with Crippen molar-refractivity contribution in [2.75, 3.05) is 37.4 Å². The number of benzene rings is 1. The summed E-state index contributed by atoms with van der Waals surface area (Å²) in [5.41, 5.74) is -0.940. The van der Waals surface area contributed by atoms with Crippen LogP contribution in [0.5, 0.6) is 0 Å². The number of pyridine rings is 1. The van der Waals surface area contributed by atoms with E-state index in [1.54, 1.807) is 0 Å². The zero-order chi connectivity index (χ0) is 26.3. The fourth-order valence-corrected chi connectivity index (χ4v) is 4.56. The summed E-state index contributed by atoms with van der Waals surface area (Å²) < 4.78 is 44.4. The highest BCUT2D eigenvalue weighted by atomic mass is 19.3. The van der Waals surface area contributed by atoms with Crippen molar-refractivity contribution in [3.8, 4) is 0 Å². The van der Waals surface area contributed by atoms with Gasteiger partial charge in [-0.15, -0.1) is 5.10 Å². The van der Waals surface area contributed by atoms with Crippen LogP contribution < -0.4 is 10.2 Å². The van der Waals surface area contributed by atoms with E-state index in [0.717, 1.165) is 56.9 Å². The number of aliphatic hydroxyl groups is 1.